The van der Waals surface area contributed by atoms with E-state index in [4.69, 9.17) is 8.60 Å². The van der Waals surface area contributed by atoms with E-state index in [9.17, 15) is 13.2 Å². The van der Waals surface area contributed by atoms with E-state index >= 15 is 0 Å². The van der Waals surface area contributed by atoms with Crippen molar-refractivity contribution in [3.05, 3.63) is 89.7 Å². The van der Waals surface area contributed by atoms with Gasteiger partial charge in [0.25, 0.3) is 5.91 Å². The van der Waals surface area contributed by atoms with Gasteiger partial charge in [0.1, 0.15) is 5.75 Å². The van der Waals surface area contributed by atoms with E-state index in [1.807, 2.05) is 18.2 Å². The van der Waals surface area contributed by atoms with Crippen molar-refractivity contribution in [3.8, 4) is 5.75 Å². The van der Waals surface area contributed by atoms with Gasteiger partial charge in [-0.15, -0.1) is 0 Å². The zero-order valence-corrected chi connectivity index (χ0v) is 14.3. The summed E-state index contributed by atoms with van der Waals surface area (Å²) in [4.78, 5) is 11.9. The molecule has 3 rings (SSSR count). The predicted octanol–water partition coefficient (Wildman–Crippen LogP) is 3.91. The third-order valence-corrected chi connectivity index (χ3v) is 4.19. The second kappa shape index (κ2) is 7.71. The number of benzene rings is 2. The summed E-state index contributed by atoms with van der Waals surface area (Å²) in [6.45, 7) is 0. The molecule has 1 amide bonds. The summed E-state index contributed by atoms with van der Waals surface area (Å²) < 4.78 is 34.0. The zero-order valence-electron chi connectivity index (χ0n) is 13.5. The largest absolute Gasteiger partial charge is 0.459 e. The van der Waals surface area contributed by atoms with E-state index in [0.29, 0.717) is 5.69 Å². The van der Waals surface area contributed by atoms with Gasteiger partial charge in [0.2, 0.25) is 0 Å². The number of nitrogens with one attached hydrogen (secondary N) is 1. The smallest absolute Gasteiger partial charge is 0.332 e. The molecule has 1 aromatic heterocycles. The number of carbonyl (C=O) groups excluding carboxylic acids is 1. The van der Waals surface area contributed by atoms with Gasteiger partial charge in [-0.3, -0.25) is 4.79 Å². The maximum atomic E-state index is 12.0. The number of carbonyl (C=O) groups is 1. The molecule has 0 unspecified atom stereocenters. The number of amides is 1. The molecule has 0 bridgehead atoms. The Morgan fingerprint density at radius 2 is 1.69 bits per heavy atom. The van der Waals surface area contributed by atoms with Crippen molar-refractivity contribution >= 4 is 27.8 Å². The number of anilines is 1. The molecule has 0 atom stereocenters. The van der Waals surface area contributed by atoms with Crippen LogP contribution in [-0.4, -0.2) is 14.3 Å². The van der Waals surface area contributed by atoms with Crippen LogP contribution < -0.4 is 9.50 Å². The zero-order chi connectivity index (χ0) is 18.4. The Balaban J connectivity index is 1.63. The highest BCUT2D eigenvalue weighted by atomic mass is 32.2. The van der Waals surface area contributed by atoms with Crippen LogP contribution in [0.5, 0.6) is 5.75 Å². The van der Waals surface area contributed by atoms with Gasteiger partial charge in [-0.05, 0) is 48.0 Å². The quantitative estimate of drug-likeness (QED) is 0.666. The van der Waals surface area contributed by atoms with Crippen molar-refractivity contribution in [1.82, 2.24) is 0 Å². The highest BCUT2D eigenvalue weighted by Crippen LogP contribution is 2.19. The van der Waals surface area contributed by atoms with Crippen LogP contribution in [0.1, 0.15) is 16.1 Å². The average molecular weight is 369 g/mol. The molecule has 0 radical (unpaired) electrons. The third kappa shape index (κ3) is 4.84. The second-order valence-corrected chi connectivity index (χ2v) is 6.67. The van der Waals surface area contributed by atoms with Crippen LogP contribution >= 0.6 is 0 Å². The van der Waals surface area contributed by atoms with Crippen LogP contribution in [0.2, 0.25) is 0 Å². The summed E-state index contributed by atoms with van der Waals surface area (Å²) in [6.07, 6.45) is 2.85. The lowest BCUT2D eigenvalue weighted by Crippen LogP contribution is -2.10. The summed E-state index contributed by atoms with van der Waals surface area (Å²) in [7, 11) is -3.89. The molecule has 0 spiro atoms. The molecule has 1 heterocycles. The van der Waals surface area contributed by atoms with Gasteiger partial charge in [-0.1, -0.05) is 30.3 Å². The molecule has 3 aromatic rings. The number of furan rings is 1. The minimum atomic E-state index is -3.89. The van der Waals surface area contributed by atoms with E-state index in [-0.39, 0.29) is 11.5 Å². The molecule has 0 fully saturated rings. The Morgan fingerprint density at radius 1 is 0.962 bits per heavy atom. The first kappa shape index (κ1) is 17.5. The molecule has 0 saturated heterocycles. The van der Waals surface area contributed by atoms with E-state index < -0.39 is 16.0 Å². The molecule has 0 aliphatic rings. The van der Waals surface area contributed by atoms with Gasteiger partial charge in [0.15, 0.2) is 5.76 Å². The fourth-order valence-electron chi connectivity index (χ4n) is 2.08. The van der Waals surface area contributed by atoms with Crippen molar-refractivity contribution < 1.29 is 21.8 Å². The molecule has 6 nitrogen and oxygen atoms in total. The van der Waals surface area contributed by atoms with Gasteiger partial charge in [-0.2, -0.15) is 8.42 Å². The Kier molecular flexibility index (Phi) is 5.19. The molecule has 2 aromatic carbocycles. The lowest BCUT2D eigenvalue weighted by molar-refractivity contribution is 0.0996. The minimum absolute atomic E-state index is 0.138. The SMILES string of the molecule is O=C(Nc1ccc(OS(=O)(=O)/C=C/c2ccccc2)cc1)c1ccco1. The highest BCUT2D eigenvalue weighted by Gasteiger charge is 2.10. The van der Waals surface area contributed by atoms with Crippen LogP contribution in [0, 0.1) is 0 Å². The van der Waals surface area contributed by atoms with Crippen LogP contribution in [0.3, 0.4) is 0 Å². The summed E-state index contributed by atoms with van der Waals surface area (Å²) in [5.74, 6) is -0.0836. The van der Waals surface area contributed by atoms with Crippen molar-refractivity contribution in [3.63, 3.8) is 0 Å². The average Bonchev–Trinajstić information content (AvgIpc) is 3.17. The van der Waals surface area contributed by atoms with Gasteiger partial charge in [0, 0.05) is 5.69 Å². The number of hydrogen-bond donors (Lipinski definition) is 1. The second-order valence-electron chi connectivity index (χ2n) is 5.25. The molecule has 132 valence electrons. The molecule has 0 aliphatic carbocycles. The van der Waals surface area contributed by atoms with Gasteiger partial charge in [0.05, 0.1) is 11.7 Å². The lowest BCUT2D eigenvalue weighted by Gasteiger charge is -2.06. The Hall–Kier alpha value is -3.32. The number of hydrogen-bond acceptors (Lipinski definition) is 5. The molecule has 26 heavy (non-hydrogen) atoms. The number of rotatable bonds is 6. The third-order valence-electron chi connectivity index (χ3n) is 3.30. The van der Waals surface area contributed by atoms with Gasteiger partial charge >= 0.3 is 10.1 Å². The Labute approximate surface area is 150 Å². The first-order valence-corrected chi connectivity index (χ1v) is 9.11. The van der Waals surface area contributed by atoms with Crippen LogP contribution in [0.15, 0.2) is 82.8 Å². The maximum absolute atomic E-state index is 12.0. The highest BCUT2D eigenvalue weighted by molar-refractivity contribution is 7.90. The summed E-state index contributed by atoms with van der Waals surface area (Å²) in [6, 6.07) is 18.1. The normalized spacial score (nSPS) is 11.4. The van der Waals surface area contributed by atoms with Gasteiger partial charge in [-0.25, -0.2) is 0 Å². The van der Waals surface area contributed by atoms with Crippen molar-refractivity contribution in [2.45, 2.75) is 0 Å². The fourth-order valence-corrected chi connectivity index (χ4v) is 2.84. The molecule has 1 N–H and O–H groups in total. The predicted molar refractivity (Wildman–Crippen MR) is 98.1 cm³/mol. The summed E-state index contributed by atoms with van der Waals surface area (Å²) >= 11 is 0. The van der Waals surface area contributed by atoms with Crippen LogP contribution in [0.4, 0.5) is 5.69 Å². The molecule has 7 heteroatoms. The van der Waals surface area contributed by atoms with E-state index in [1.54, 1.807) is 24.3 Å². The standard InChI is InChI=1S/C19H15NO5S/c21-19(18-7-4-13-24-18)20-16-8-10-17(11-9-16)25-26(22,23)14-12-15-5-2-1-3-6-15/h1-14H,(H,20,21)/b14-12+. The Morgan fingerprint density at radius 3 is 2.35 bits per heavy atom. The van der Waals surface area contributed by atoms with Gasteiger partial charge < -0.3 is 13.9 Å². The minimum Gasteiger partial charge on any atom is -0.459 e. The molecule has 0 saturated carbocycles. The van der Waals surface area contributed by atoms with Crippen molar-refractivity contribution in [2.75, 3.05) is 5.32 Å². The summed E-state index contributed by atoms with van der Waals surface area (Å²) in [5.41, 5.74) is 1.23. The monoisotopic (exact) mass is 369 g/mol. The van der Waals surface area contributed by atoms with E-state index in [2.05, 4.69) is 5.32 Å². The molecular formula is C19H15NO5S. The van der Waals surface area contributed by atoms with Crippen molar-refractivity contribution in [2.24, 2.45) is 0 Å². The van der Waals surface area contributed by atoms with Crippen LogP contribution in [-0.2, 0) is 10.1 Å². The molecular weight excluding hydrogens is 354 g/mol. The van der Waals surface area contributed by atoms with Crippen molar-refractivity contribution in [1.29, 1.82) is 0 Å². The Bertz CT molecular complexity index is 992. The topological polar surface area (TPSA) is 85.6 Å². The van der Waals surface area contributed by atoms with E-state index in [0.717, 1.165) is 11.0 Å². The molecule has 0 aliphatic heterocycles. The fraction of sp³-hybridized carbons (Fsp3) is 0. The maximum Gasteiger partial charge on any atom is 0.332 e. The summed E-state index contributed by atoms with van der Waals surface area (Å²) in [5, 5.41) is 3.62. The lowest BCUT2D eigenvalue weighted by atomic mass is 10.2. The first-order chi connectivity index (χ1) is 12.5. The van der Waals surface area contributed by atoms with E-state index in [1.165, 1.54) is 36.6 Å². The van der Waals surface area contributed by atoms with Crippen LogP contribution in [0.25, 0.3) is 6.08 Å². The first-order valence-electron chi connectivity index (χ1n) is 7.64.